The highest BCUT2D eigenvalue weighted by Crippen LogP contribution is 2.31. The van der Waals surface area contributed by atoms with Gasteiger partial charge in [0.1, 0.15) is 0 Å². The van der Waals surface area contributed by atoms with Gasteiger partial charge in [-0.25, -0.2) is 0 Å². The maximum Gasteiger partial charge on any atom is 0.261 e. The maximum absolute atomic E-state index is 11.6. The van der Waals surface area contributed by atoms with Crippen LogP contribution in [0.15, 0.2) is 42.5 Å². The van der Waals surface area contributed by atoms with Crippen molar-refractivity contribution < 1.29 is 9.59 Å². The van der Waals surface area contributed by atoms with Crippen LogP contribution in [0.3, 0.4) is 0 Å². The van der Waals surface area contributed by atoms with Crippen LogP contribution in [0.5, 0.6) is 0 Å². The minimum absolute atomic E-state index is 0.00588. The molecule has 0 atom stereocenters. The third kappa shape index (κ3) is 4.49. The topological polar surface area (TPSA) is 58.2 Å². The highest BCUT2D eigenvalue weighted by Gasteiger charge is 2.13. The number of rotatable bonds is 2. The minimum Gasteiger partial charge on any atom is -0.355 e. The first-order valence-electron chi connectivity index (χ1n) is 8.38. The molecule has 0 aliphatic rings. The molecule has 0 unspecified atom stereocenters. The van der Waals surface area contributed by atoms with E-state index in [-0.39, 0.29) is 11.8 Å². The Balaban J connectivity index is 0.000000197. The van der Waals surface area contributed by atoms with Gasteiger partial charge in [-0.3, -0.25) is 9.59 Å². The number of amides is 2. The van der Waals surface area contributed by atoms with Crippen molar-refractivity contribution >= 4 is 33.2 Å². The molecular weight excluding hydrogens is 344 g/mol. The Kier molecular flexibility index (Phi) is 6.52. The zero-order chi connectivity index (χ0) is 19.3. The zero-order valence-electron chi connectivity index (χ0n) is 15.8. The highest BCUT2D eigenvalue weighted by atomic mass is 32.1. The summed E-state index contributed by atoms with van der Waals surface area (Å²) >= 11 is 1.56. The fraction of sp³-hybridized carbons (Fsp3) is 0.238. The Hall–Kier alpha value is -2.66. The Bertz CT molecular complexity index is 927. The largest absolute Gasteiger partial charge is 0.355 e. The summed E-state index contributed by atoms with van der Waals surface area (Å²) in [5.74, 6) is -0.0312. The van der Waals surface area contributed by atoms with E-state index in [1.807, 2.05) is 38.1 Å². The zero-order valence-corrected chi connectivity index (χ0v) is 16.6. The summed E-state index contributed by atoms with van der Waals surface area (Å²) in [7, 11) is 3.29. The molecule has 3 aromatic rings. The normalized spacial score (nSPS) is 10.0. The van der Waals surface area contributed by atoms with Gasteiger partial charge in [-0.05, 0) is 55.5 Å². The smallest absolute Gasteiger partial charge is 0.261 e. The quantitative estimate of drug-likeness (QED) is 0.711. The van der Waals surface area contributed by atoms with Gasteiger partial charge in [0.2, 0.25) is 0 Å². The van der Waals surface area contributed by atoms with Gasteiger partial charge in [-0.15, -0.1) is 11.3 Å². The van der Waals surface area contributed by atoms with E-state index in [0.29, 0.717) is 5.56 Å². The molecule has 0 radical (unpaired) electrons. The van der Waals surface area contributed by atoms with E-state index >= 15 is 0 Å². The molecule has 5 heteroatoms. The van der Waals surface area contributed by atoms with Crippen molar-refractivity contribution in [2.75, 3.05) is 14.1 Å². The molecular formula is C21H24N2O2S. The standard InChI is InChI=1S/C12H13NOS.C9H11NO/c1-7-4-5-9-8(2)11(12(14)13-3)15-10(9)6-7;1-7-3-5-8(6-4-7)9(11)10-2/h4-6H,1-3H3,(H,13,14);3-6H,1-2H3,(H,10,11). The van der Waals surface area contributed by atoms with Gasteiger partial charge in [0.05, 0.1) is 4.88 Å². The lowest BCUT2D eigenvalue weighted by molar-refractivity contribution is 0.0956. The number of benzene rings is 2. The van der Waals surface area contributed by atoms with Crippen LogP contribution < -0.4 is 10.6 Å². The van der Waals surface area contributed by atoms with Gasteiger partial charge < -0.3 is 10.6 Å². The van der Waals surface area contributed by atoms with Crippen LogP contribution in [0.25, 0.3) is 10.1 Å². The predicted molar refractivity (Wildman–Crippen MR) is 109 cm³/mol. The van der Waals surface area contributed by atoms with Crippen molar-refractivity contribution in [3.63, 3.8) is 0 Å². The van der Waals surface area contributed by atoms with Crippen molar-refractivity contribution in [1.29, 1.82) is 0 Å². The van der Waals surface area contributed by atoms with Crippen LogP contribution in [-0.4, -0.2) is 25.9 Å². The maximum atomic E-state index is 11.6. The number of hydrogen-bond donors (Lipinski definition) is 2. The van der Waals surface area contributed by atoms with Crippen molar-refractivity contribution in [3.8, 4) is 0 Å². The SMILES string of the molecule is CNC(=O)c1ccc(C)cc1.CNC(=O)c1sc2cc(C)ccc2c1C. The molecule has 4 nitrogen and oxygen atoms in total. The molecule has 2 N–H and O–H groups in total. The van der Waals surface area contributed by atoms with Gasteiger partial charge in [0.15, 0.2) is 0 Å². The summed E-state index contributed by atoms with van der Waals surface area (Å²) in [4.78, 5) is 23.4. The molecule has 2 aromatic carbocycles. The number of carbonyl (C=O) groups is 2. The van der Waals surface area contributed by atoms with E-state index < -0.39 is 0 Å². The Morgan fingerprint density at radius 1 is 0.808 bits per heavy atom. The average molecular weight is 369 g/mol. The van der Waals surface area contributed by atoms with Gasteiger partial charge in [0.25, 0.3) is 11.8 Å². The first kappa shape index (κ1) is 19.7. The Morgan fingerprint density at radius 2 is 1.38 bits per heavy atom. The van der Waals surface area contributed by atoms with E-state index in [1.165, 1.54) is 15.6 Å². The second-order valence-electron chi connectivity index (χ2n) is 6.08. The number of fused-ring (bicyclic) bond motifs is 1. The van der Waals surface area contributed by atoms with Gasteiger partial charge in [-0.2, -0.15) is 0 Å². The predicted octanol–water partition coefficient (Wildman–Crippen LogP) is 4.23. The Labute approximate surface area is 158 Å². The van der Waals surface area contributed by atoms with Gasteiger partial charge in [0, 0.05) is 24.4 Å². The first-order chi connectivity index (χ1) is 12.4. The number of thiophene rings is 1. The molecule has 1 aromatic heterocycles. The summed E-state index contributed by atoms with van der Waals surface area (Å²) < 4.78 is 1.19. The Morgan fingerprint density at radius 3 is 1.96 bits per heavy atom. The fourth-order valence-electron chi connectivity index (χ4n) is 2.51. The van der Waals surface area contributed by atoms with Crippen LogP contribution in [0.1, 0.15) is 36.7 Å². The monoisotopic (exact) mass is 368 g/mol. The fourth-order valence-corrected chi connectivity index (χ4v) is 3.77. The molecule has 0 aliphatic carbocycles. The molecule has 0 fully saturated rings. The first-order valence-corrected chi connectivity index (χ1v) is 9.19. The van der Waals surface area contributed by atoms with E-state index in [4.69, 9.17) is 0 Å². The molecule has 0 saturated heterocycles. The average Bonchev–Trinajstić information content (AvgIpc) is 2.97. The van der Waals surface area contributed by atoms with Crippen molar-refractivity contribution in [2.45, 2.75) is 20.8 Å². The summed E-state index contributed by atoms with van der Waals surface area (Å²) in [6.45, 7) is 6.06. The van der Waals surface area contributed by atoms with E-state index in [2.05, 4.69) is 35.8 Å². The summed E-state index contributed by atoms with van der Waals surface area (Å²) in [5.41, 5.74) is 4.18. The third-order valence-electron chi connectivity index (χ3n) is 4.07. The van der Waals surface area contributed by atoms with Crippen LogP contribution in [0.2, 0.25) is 0 Å². The minimum atomic E-state index is -0.0370. The van der Waals surface area contributed by atoms with E-state index in [0.717, 1.165) is 16.0 Å². The number of carbonyl (C=O) groups excluding carboxylic acids is 2. The molecule has 0 saturated carbocycles. The molecule has 3 rings (SSSR count). The van der Waals surface area contributed by atoms with Crippen molar-refractivity contribution in [1.82, 2.24) is 10.6 Å². The highest BCUT2D eigenvalue weighted by molar-refractivity contribution is 7.21. The second-order valence-corrected chi connectivity index (χ2v) is 7.13. The molecule has 136 valence electrons. The van der Waals surface area contributed by atoms with Crippen LogP contribution in [0.4, 0.5) is 0 Å². The second kappa shape index (κ2) is 8.63. The molecule has 0 bridgehead atoms. The lowest BCUT2D eigenvalue weighted by atomic mass is 10.1. The molecule has 26 heavy (non-hydrogen) atoms. The summed E-state index contributed by atoms with van der Waals surface area (Å²) in [6.07, 6.45) is 0. The number of aryl methyl sites for hydroxylation is 3. The number of hydrogen-bond acceptors (Lipinski definition) is 3. The lowest BCUT2D eigenvalue weighted by Crippen LogP contribution is -2.17. The van der Waals surface area contributed by atoms with Crippen molar-refractivity contribution in [2.24, 2.45) is 0 Å². The van der Waals surface area contributed by atoms with Crippen LogP contribution >= 0.6 is 11.3 Å². The van der Waals surface area contributed by atoms with E-state index in [9.17, 15) is 9.59 Å². The lowest BCUT2D eigenvalue weighted by Gasteiger charge is -1.98. The van der Waals surface area contributed by atoms with E-state index in [1.54, 1.807) is 25.4 Å². The number of nitrogens with one attached hydrogen (secondary N) is 2. The van der Waals surface area contributed by atoms with Crippen molar-refractivity contribution in [3.05, 3.63) is 69.6 Å². The summed E-state index contributed by atoms with van der Waals surface area (Å²) in [5, 5.41) is 6.42. The molecule has 2 amide bonds. The van der Waals surface area contributed by atoms with Crippen LogP contribution in [-0.2, 0) is 0 Å². The van der Waals surface area contributed by atoms with Crippen LogP contribution in [0, 0.1) is 20.8 Å². The molecule has 0 spiro atoms. The third-order valence-corrected chi connectivity index (χ3v) is 5.32. The molecule has 0 aliphatic heterocycles. The summed E-state index contributed by atoms with van der Waals surface area (Å²) in [6, 6.07) is 13.8. The van der Waals surface area contributed by atoms with Gasteiger partial charge in [-0.1, -0.05) is 29.8 Å². The van der Waals surface area contributed by atoms with Gasteiger partial charge >= 0.3 is 0 Å². The molecule has 1 heterocycles.